The predicted octanol–water partition coefficient (Wildman–Crippen LogP) is 10.5. The molecule has 4 aliphatic heterocycles. The van der Waals surface area contributed by atoms with Gasteiger partial charge in [0.2, 0.25) is 0 Å². The molecule has 0 aromatic carbocycles. The number of H-pyrrole nitrogens is 4. The largest absolute Gasteiger partial charge is 0.355 e. The average molecular weight is 749 g/mol. The molecule has 4 aliphatic rings. The molecule has 266 valence electrons. The monoisotopic (exact) mass is 748 g/mol. The molecule has 0 amide bonds. The highest BCUT2D eigenvalue weighted by Gasteiger charge is 2.12. The van der Waals surface area contributed by atoms with E-state index in [2.05, 4.69) is 104 Å². The van der Waals surface area contributed by atoms with Gasteiger partial charge in [0.25, 0.3) is 0 Å². The Morgan fingerprint density at radius 1 is 0.316 bits per heavy atom. The molecule has 11 rings (SSSR count). The van der Waals surface area contributed by atoms with Crippen molar-refractivity contribution in [2.45, 2.75) is 0 Å². The van der Waals surface area contributed by atoms with Gasteiger partial charge >= 0.3 is 0 Å². The zero-order chi connectivity index (χ0) is 37.7. The third kappa shape index (κ3) is 6.72. The van der Waals surface area contributed by atoms with Gasteiger partial charge in [-0.1, -0.05) is 23.7 Å². The Labute approximate surface area is 329 Å². The summed E-state index contributed by atoms with van der Waals surface area (Å²) in [5, 5.41) is 0. The van der Waals surface area contributed by atoms with Gasteiger partial charge in [0.15, 0.2) is 0 Å². The van der Waals surface area contributed by atoms with Crippen molar-refractivity contribution in [1.29, 1.82) is 0 Å². The van der Waals surface area contributed by atoms with Crippen molar-refractivity contribution in [2.75, 3.05) is 0 Å². The highest BCUT2D eigenvalue weighted by Crippen LogP contribution is 2.25. The summed E-state index contributed by atoms with van der Waals surface area (Å²) in [6, 6.07) is 32.8. The Kier molecular flexibility index (Phi) is 7.63. The highest BCUT2D eigenvalue weighted by atomic mass is 32.1. The lowest BCUT2D eigenvalue weighted by Crippen LogP contribution is -1.88. The predicted molar refractivity (Wildman–Crippen MR) is 234 cm³/mol. The molecular formula is C48H28N8S. The minimum atomic E-state index is 0.755. The second-order valence-electron chi connectivity index (χ2n) is 13.8. The van der Waals surface area contributed by atoms with Crippen LogP contribution in [0.4, 0.5) is 0 Å². The van der Waals surface area contributed by atoms with Gasteiger partial charge < -0.3 is 19.9 Å². The summed E-state index contributed by atoms with van der Waals surface area (Å²) in [7, 11) is 0. The van der Waals surface area contributed by atoms with Crippen LogP contribution in [-0.4, -0.2) is 39.9 Å². The van der Waals surface area contributed by atoms with Gasteiger partial charge in [-0.05, 0) is 146 Å². The third-order valence-electron chi connectivity index (χ3n) is 9.66. The molecule has 57 heavy (non-hydrogen) atoms. The fourth-order valence-corrected chi connectivity index (χ4v) is 7.71. The summed E-state index contributed by atoms with van der Waals surface area (Å²) >= 11 is 1.54. The molecule has 9 heteroatoms. The number of hydrogen-bond donors (Lipinski definition) is 4. The molecule has 0 saturated heterocycles. The van der Waals surface area contributed by atoms with Gasteiger partial charge in [0.1, 0.15) is 0 Å². The lowest BCUT2D eigenvalue weighted by Gasteiger charge is -1.94. The van der Waals surface area contributed by atoms with Crippen LogP contribution in [0.1, 0.15) is 66.4 Å². The van der Waals surface area contributed by atoms with Crippen molar-refractivity contribution in [1.82, 2.24) is 39.9 Å². The third-order valence-corrected chi connectivity index (χ3v) is 10.6. The Morgan fingerprint density at radius 3 is 0.895 bits per heavy atom. The van der Waals surface area contributed by atoms with Crippen LogP contribution in [0.5, 0.6) is 0 Å². The van der Waals surface area contributed by atoms with Crippen molar-refractivity contribution >= 4 is 104 Å². The van der Waals surface area contributed by atoms with E-state index in [9.17, 15) is 0 Å². The van der Waals surface area contributed by atoms with E-state index in [1.165, 1.54) is 0 Å². The maximum Gasteiger partial charge on any atom is 0.0816 e. The zero-order valence-electron chi connectivity index (χ0n) is 30.1. The molecule has 7 aromatic rings. The molecule has 0 unspecified atom stereocenters. The summed E-state index contributed by atoms with van der Waals surface area (Å²) < 4.78 is 0. The van der Waals surface area contributed by atoms with E-state index in [0.29, 0.717) is 0 Å². The second kappa shape index (κ2) is 13.4. The summed E-state index contributed by atoms with van der Waals surface area (Å²) in [6.45, 7) is 0. The summed E-state index contributed by atoms with van der Waals surface area (Å²) in [5.41, 5.74) is 15.8. The Bertz CT molecular complexity index is 3030. The molecule has 0 radical (unpaired) electrons. The van der Waals surface area contributed by atoms with E-state index >= 15 is 0 Å². The van der Waals surface area contributed by atoms with Crippen LogP contribution >= 0.6 is 11.3 Å². The van der Waals surface area contributed by atoms with Gasteiger partial charge in [0.05, 0.1) is 66.4 Å². The van der Waals surface area contributed by atoms with Gasteiger partial charge in [-0.3, -0.25) is 0 Å². The molecule has 0 aliphatic carbocycles. The fraction of sp³-hybridized carbons (Fsp3) is 0. The Hall–Kier alpha value is -7.98. The SMILES string of the molecule is C(#Cc1c2nc(cc3ccc(cc4ccc(cc5nc1C=C5)[nH]4)[nH]3)C=C2)c1ccc(C#Cc2c3nc(cc4ccc(cc5ccc(cc6nc2C=C6)[nH]5)[nH]4)C=C3)s1. The van der Waals surface area contributed by atoms with Crippen LogP contribution in [0, 0.1) is 23.7 Å². The first-order chi connectivity index (χ1) is 28.1. The van der Waals surface area contributed by atoms with Crippen molar-refractivity contribution in [2.24, 2.45) is 0 Å². The van der Waals surface area contributed by atoms with Crippen LogP contribution in [-0.2, 0) is 0 Å². The first-order valence-electron chi connectivity index (χ1n) is 18.4. The average Bonchev–Trinajstić information content (AvgIpc) is 4.04. The summed E-state index contributed by atoms with van der Waals surface area (Å²) in [4.78, 5) is 35.4. The minimum Gasteiger partial charge on any atom is -0.355 e. The van der Waals surface area contributed by atoms with Crippen LogP contribution in [0.15, 0.2) is 97.1 Å². The van der Waals surface area contributed by atoms with E-state index in [-0.39, 0.29) is 0 Å². The molecule has 11 heterocycles. The summed E-state index contributed by atoms with van der Waals surface area (Å²) in [6.07, 6.45) is 16.0. The molecule has 4 N–H and O–H groups in total. The first-order valence-corrected chi connectivity index (χ1v) is 19.2. The van der Waals surface area contributed by atoms with E-state index in [0.717, 1.165) is 111 Å². The zero-order valence-corrected chi connectivity index (χ0v) is 30.9. The Morgan fingerprint density at radius 2 is 0.596 bits per heavy atom. The number of hydrogen-bond acceptors (Lipinski definition) is 5. The smallest absolute Gasteiger partial charge is 0.0816 e. The van der Waals surface area contributed by atoms with Gasteiger partial charge in [-0.2, -0.15) is 0 Å². The first kappa shape index (κ1) is 32.5. The number of fused-ring (bicyclic) bond motifs is 16. The number of nitrogens with one attached hydrogen (secondary N) is 4. The van der Waals surface area contributed by atoms with Crippen LogP contribution < -0.4 is 0 Å². The number of thiophene rings is 1. The van der Waals surface area contributed by atoms with Gasteiger partial charge in [0, 0.05) is 44.1 Å². The Balaban J connectivity index is 0.995. The molecule has 16 bridgehead atoms. The van der Waals surface area contributed by atoms with E-state index in [4.69, 9.17) is 19.9 Å². The van der Waals surface area contributed by atoms with Gasteiger partial charge in [-0.15, -0.1) is 11.3 Å². The number of rotatable bonds is 0. The van der Waals surface area contributed by atoms with Crippen molar-refractivity contribution in [3.63, 3.8) is 0 Å². The normalized spacial score (nSPS) is 12.4. The standard InChI is InChI=1S/C48H28N8S/c1-5-33-25-37-9-19-45(53-37)43(46-20-10-38(54-46)26-34-6-2-30(50-34)23-29(1)49-33)17-15-41-13-14-42(57-41)16-18-44-47-21-11-39(55-47)27-35-7-3-31(51-35)24-32-4-8-36(52-32)28-40-12-22-48(44)56-40/h1-14,19-28,49-52H. The number of nitrogens with zero attached hydrogens (tertiary/aromatic N) is 4. The van der Waals surface area contributed by atoms with Crippen molar-refractivity contribution < 1.29 is 0 Å². The molecule has 7 aromatic heterocycles. The molecule has 0 saturated carbocycles. The maximum absolute atomic E-state index is 4.95. The summed E-state index contributed by atoms with van der Waals surface area (Å²) in [5.74, 6) is 13.6. The topological polar surface area (TPSA) is 115 Å². The maximum atomic E-state index is 4.95. The van der Waals surface area contributed by atoms with E-state index in [1.54, 1.807) is 11.3 Å². The van der Waals surface area contributed by atoms with Crippen LogP contribution in [0.25, 0.3) is 92.7 Å². The molecule has 0 atom stereocenters. The number of aromatic amines is 4. The lowest BCUT2D eigenvalue weighted by molar-refractivity contribution is 1.26. The lowest BCUT2D eigenvalue weighted by atomic mass is 10.1. The van der Waals surface area contributed by atoms with Crippen molar-refractivity contribution in [3.05, 3.63) is 163 Å². The molecule has 8 nitrogen and oxygen atoms in total. The number of aromatic nitrogens is 8. The quantitative estimate of drug-likeness (QED) is 0.116. The minimum absolute atomic E-state index is 0.755. The highest BCUT2D eigenvalue weighted by molar-refractivity contribution is 7.13. The molecule has 0 fully saturated rings. The van der Waals surface area contributed by atoms with E-state index < -0.39 is 0 Å². The van der Waals surface area contributed by atoms with Crippen LogP contribution in [0.2, 0.25) is 0 Å². The fourth-order valence-electron chi connectivity index (χ4n) is 6.99. The van der Waals surface area contributed by atoms with E-state index in [1.807, 2.05) is 85.0 Å². The van der Waals surface area contributed by atoms with Gasteiger partial charge in [-0.25, -0.2) is 19.9 Å². The second-order valence-corrected chi connectivity index (χ2v) is 14.9. The van der Waals surface area contributed by atoms with Crippen LogP contribution in [0.3, 0.4) is 0 Å². The molecule has 0 spiro atoms. The molecular weight excluding hydrogens is 721 g/mol. The van der Waals surface area contributed by atoms with Crippen molar-refractivity contribution in [3.8, 4) is 23.7 Å².